The molecule has 1 unspecified atom stereocenters. The number of thiazole rings is 1. The van der Waals surface area contributed by atoms with Gasteiger partial charge in [0.25, 0.3) is 0 Å². The summed E-state index contributed by atoms with van der Waals surface area (Å²) >= 11 is 1.70. The molecule has 0 radical (unpaired) electrons. The van der Waals surface area contributed by atoms with Crippen molar-refractivity contribution in [2.75, 3.05) is 13.6 Å². The molecule has 2 rings (SSSR count). The third-order valence-electron chi connectivity index (χ3n) is 3.43. The average Bonchev–Trinajstić information content (AvgIpc) is 2.78. The van der Waals surface area contributed by atoms with Gasteiger partial charge in [0.1, 0.15) is 0 Å². The molecule has 0 saturated carbocycles. The summed E-state index contributed by atoms with van der Waals surface area (Å²) in [6.07, 6.45) is 3.74. The van der Waals surface area contributed by atoms with Gasteiger partial charge in [-0.05, 0) is 38.1 Å². The number of hydrogen-bond donors (Lipinski definition) is 1. The third-order valence-corrected chi connectivity index (χ3v) is 4.35. The van der Waals surface area contributed by atoms with Gasteiger partial charge in [-0.3, -0.25) is 9.88 Å². The highest BCUT2D eigenvalue weighted by molar-refractivity contribution is 7.09. The molecule has 19 heavy (non-hydrogen) atoms. The lowest BCUT2D eigenvalue weighted by Crippen LogP contribution is -2.30. The fraction of sp³-hybridized carbons (Fsp3) is 0.429. The van der Waals surface area contributed by atoms with Gasteiger partial charge in [0.05, 0.1) is 11.2 Å². The Labute approximate surface area is 118 Å². The molecule has 2 aromatic heterocycles. The van der Waals surface area contributed by atoms with Crippen LogP contribution in [0.15, 0.2) is 24.0 Å². The fourth-order valence-corrected chi connectivity index (χ4v) is 3.02. The Hall–Kier alpha value is -1.30. The largest absolute Gasteiger partial charge is 0.329 e. The van der Waals surface area contributed by atoms with Gasteiger partial charge in [-0.1, -0.05) is 0 Å². The number of pyridine rings is 1. The number of rotatable bonds is 5. The van der Waals surface area contributed by atoms with Gasteiger partial charge in [-0.25, -0.2) is 4.98 Å². The van der Waals surface area contributed by atoms with Crippen molar-refractivity contribution in [1.82, 2.24) is 14.9 Å². The van der Waals surface area contributed by atoms with Crippen LogP contribution in [0, 0.1) is 13.8 Å². The standard InChI is InChI=1S/C14H20N4S/c1-10-4-5-16-7-12(10)13(6-15)18(3)8-14-11(2)17-9-19-14/h4-5,7,9,13H,6,8,15H2,1-3H3. The highest BCUT2D eigenvalue weighted by atomic mass is 32.1. The summed E-state index contributed by atoms with van der Waals surface area (Å²) in [4.78, 5) is 12.1. The van der Waals surface area contributed by atoms with E-state index < -0.39 is 0 Å². The first-order chi connectivity index (χ1) is 9.13. The Morgan fingerprint density at radius 3 is 2.79 bits per heavy atom. The van der Waals surface area contributed by atoms with E-state index >= 15 is 0 Å². The molecule has 0 spiro atoms. The molecule has 2 heterocycles. The van der Waals surface area contributed by atoms with Gasteiger partial charge in [-0.2, -0.15) is 0 Å². The molecule has 0 bridgehead atoms. The van der Waals surface area contributed by atoms with Crippen LogP contribution in [0.25, 0.3) is 0 Å². The molecule has 0 amide bonds. The van der Waals surface area contributed by atoms with Crippen molar-refractivity contribution >= 4 is 11.3 Å². The summed E-state index contributed by atoms with van der Waals surface area (Å²) in [5.41, 5.74) is 11.4. The van der Waals surface area contributed by atoms with Crippen molar-refractivity contribution in [3.05, 3.63) is 45.7 Å². The molecular weight excluding hydrogens is 256 g/mol. The van der Waals surface area contributed by atoms with E-state index in [-0.39, 0.29) is 6.04 Å². The van der Waals surface area contributed by atoms with Crippen molar-refractivity contribution in [3.63, 3.8) is 0 Å². The minimum absolute atomic E-state index is 0.190. The van der Waals surface area contributed by atoms with Crippen LogP contribution in [0.1, 0.15) is 27.7 Å². The van der Waals surface area contributed by atoms with Gasteiger partial charge in [0.2, 0.25) is 0 Å². The van der Waals surface area contributed by atoms with Gasteiger partial charge < -0.3 is 5.73 Å². The highest BCUT2D eigenvalue weighted by Gasteiger charge is 2.18. The molecule has 5 heteroatoms. The lowest BCUT2D eigenvalue weighted by Gasteiger charge is -2.27. The number of likely N-dealkylation sites (N-methyl/N-ethyl adjacent to an activating group) is 1. The summed E-state index contributed by atoms with van der Waals surface area (Å²) in [6.45, 7) is 5.60. The number of aryl methyl sites for hydroxylation is 2. The van der Waals surface area contributed by atoms with Gasteiger partial charge in [-0.15, -0.1) is 11.3 Å². The van der Waals surface area contributed by atoms with E-state index in [1.54, 1.807) is 11.3 Å². The molecule has 0 aliphatic rings. The van der Waals surface area contributed by atoms with Crippen LogP contribution in [0.2, 0.25) is 0 Å². The fourth-order valence-electron chi connectivity index (χ4n) is 2.18. The molecule has 4 nitrogen and oxygen atoms in total. The minimum atomic E-state index is 0.190. The normalized spacial score (nSPS) is 12.9. The zero-order valence-electron chi connectivity index (χ0n) is 11.6. The maximum atomic E-state index is 5.96. The molecule has 0 saturated heterocycles. The Kier molecular flexibility index (Phi) is 4.63. The highest BCUT2D eigenvalue weighted by Crippen LogP contribution is 2.24. The summed E-state index contributed by atoms with van der Waals surface area (Å²) in [5, 5.41) is 0. The Bertz CT molecular complexity index is 538. The van der Waals surface area contributed by atoms with Crippen LogP contribution in [0.4, 0.5) is 0 Å². The number of aromatic nitrogens is 2. The maximum absolute atomic E-state index is 5.96. The summed E-state index contributed by atoms with van der Waals surface area (Å²) in [5.74, 6) is 0. The zero-order valence-corrected chi connectivity index (χ0v) is 12.4. The molecule has 2 N–H and O–H groups in total. The number of nitrogens with two attached hydrogens (primary N) is 1. The predicted octanol–water partition coefficient (Wildman–Crippen LogP) is 2.29. The van der Waals surface area contributed by atoms with Gasteiger partial charge >= 0.3 is 0 Å². The van der Waals surface area contributed by atoms with Crippen LogP contribution >= 0.6 is 11.3 Å². The molecular formula is C14H20N4S. The van der Waals surface area contributed by atoms with Gasteiger partial charge in [0.15, 0.2) is 0 Å². The maximum Gasteiger partial charge on any atom is 0.0798 e. The van der Waals surface area contributed by atoms with Crippen LogP contribution < -0.4 is 5.73 Å². The first-order valence-corrected chi connectivity index (χ1v) is 7.21. The van der Waals surface area contributed by atoms with Crippen LogP contribution in [0.5, 0.6) is 0 Å². The summed E-state index contributed by atoms with van der Waals surface area (Å²) in [6, 6.07) is 2.22. The van der Waals surface area contributed by atoms with E-state index in [9.17, 15) is 0 Å². The van der Waals surface area contributed by atoms with E-state index in [2.05, 4.69) is 28.8 Å². The van der Waals surface area contributed by atoms with E-state index in [4.69, 9.17) is 5.73 Å². The molecule has 0 aromatic carbocycles. The summed E-state index contributed by atoms with van der Waals surface area (Å²) in [7, 11) is 2.10. The van der Waals surface area contributed by atoms with Gasteiger partial charge in [0, 0.05) is 36.4 Å². The molecule has 0 aliphatic carbocycles. The van der Waals surface area contributed by atoms with Crippen LogP contribution in [0.3, 0.4) is 0 Å². The van der Waals surface area contributed by atoms with E-state index in [0.717, 1.165) is 12.2 Å². The van der Waals surface area contributed by atoms with E-state index in [1.165, 1.54) is 16.0 Å². The molecule has 102 valence electrons. The Balaban J connectivity index is 2.18. The quantitative estimate of drug-likeness (QED) is 0.910. The van der Waals surface area contributed by atoms with Crippen molar-refractivity contribution in [1.29, 1.82) is 0 Å². The second kappa shape index (κ2) is 6.23. The van der Waals surface area contributed by atoms with E-state index in [1.807, 2.05) is 30.9 Å². The van der Waals surface area contributed by atoms with Crippen molar-refractivity contribution in [2.45, 2.75) is 26.4 Å². The summed E-state index contributed by atoms with van der Waals surface area (Å²) < 4.78 is 0. The number of hydrogen-bond acceptors (Lipinski definition) is 5. The first kappa shape index (κ1) is 14.1. The van der Waals surface area contributed by atoms with Crippen LogP contribution in [-0.2, 0) is 6.54 Å². The zero-order chi connectivity index (χ0) is 13.8. The Morgan fingerprint density at radius 1 is 1.42 bits per heavy atom. The molecule has 0 aliphatic heterocycles. The second-order valence-corrected chi connectivity index (χ2v) is 5.70. The lowest BCUT2D eigenvalue weighted by molar-refractivity contribution is 0.242. The first-order valence-electron chi connectivity index (χ1n) is 6.33. The molecule has 2 aromatic rings. The second-order valence-electron chi connectivity index (χ2n) is 4.76. The van der Waals surface area contributed by atoms with Crippen molar-refractivity contribution in [3.8, 4) is 0 Å². The lowest BCUT2D eigenvalue weighted by atomic mass is 10.0. The Morgan fingerprint density at radius 2 is 2.21 bits per heavy atom. The SMILES string of the molecule is Cc1ccncc1C(CN)N(C)Cc1scnc1C. The molecule has 1 atom stereocenters. The van der Waals surface area contributed by atoms with E-state index in [0.29, 0.717) is 6.54 Å². The minimum Gasteiger partial charge on any atom is -0.329 e. The monoisotopic (exact) mass is 276 g/mol. The van der Waals surface area contributed by atoms with Crippen molar-refractivity contribution in [2.24, 2.45) is 5.73 Å². The topological polar surface area (TPSA) is 55.0 Å². The smallest absolute Gasteiger partial charge is 0.0798 e. The average molecular weight is 276 g/mol. The van der Waals surface area contributed by atoms with Crippen LogP contribution in [-0.4, -0.2) is 28.5 Å². The third kappa shape index (κ3) is 3.18. The predicted molar refractivity (Wildman–Crippen MR) is 79.1 cm³/mol. The van der Waals surface area contributed by atoms with Crippen molar-refractivity contribution < 1.29 is 0 Å². The molecule has 0 fully saturated rings. The number of nitrogens with zero attached hydrogens (tertiary/aromatic N) is 3.